The fraction of sp³-hybridized carbons (Fsp3) is 0.500. The Bertz CT molecular complexity index is 524. The Balaban J connectivity index is 2.14. The molecule has 3 nitrogen and oxygen atoms in total. The zero-order valence-corrected chi connectivity index (χ0v) is 11.5. The second kappa shape index (κ2) is 5.45. The molecular weight excluding hydrogens is 244 g/mol. The normalized spacial score (nSPS) is 22.9. The molecule has 0 spiro atoms. The van der Waals surface area contributed by atoms with E-state index >= 15 is 0 Å². The maximum Gasteiger partial charge on any atom is 0.179 e. The first-order valence-electron chi connectivity index (χ1n) is 6.15. The molecule has 0 amide bonds. The number of thiazole rings is 1. The molecule has 1 aromatic rings. The van der Waals surface area contributed by atoms with Crippen molar-refractivity contribution in [1.29, 1.82) is 5.26 Å². The average Bonchev–Trinajstić information content (AvgIpc) is 2.89. The third-order valence-corrected chi connectivity index (χ3v) is 4.24. The van der Waals surface area contributed by atoms with Gasteiger partial charge in [0, 0.05) is 11.1 Å². The Morgan fingerprint density at radius 3 is 3.00 bits per heavy atom. The van der Waals surface area contributed by atoms with Gasteiger partial charge in [0.1, 0.15) is 5.01 Å². The molecule has 2 atom stereocenters. The van der Waals surface area contributed by atoms with Crippen molar-refractivity contribution in [1.82, 2.24) is 4.98 Å². The zero-order valence-electron chi connectivity index (χ0n) is 10.6. The van der Waals surface area contributed by atoms with E-state index in [1.54, 1.807) is 6.08 Å². The Morgan fingerprint density at radius 1 is 1.72 bits per heavy atom. The lowest BCUT2D eigenvalue weighted by atomic mass is 10.0. The van der Waals surface area contributed by atoms with Crippen LogP contribution in [0.5, 0.6) is 0 Å². The monoisotopic (exact) mass is 260 g/mol. The van der Waals surface area contributed by atoms with Crippen LogP contribution in [0.3, 0.4) is 0 Å². The van der Waals surface area contributed by atoms with Gasteiger partial charge in [0.2, 0.25) is 0 Å². The number of carbonyl (C=O) groups excluding carboxylic acids is 1. The summed E-state index contributed by atoms with van der Waals surface area (Å²) in [4.78, 5) is 16.4. The summed E-state index contributed by atoms with van der Waals surface area (Å²) in [5.74, 6) is -0.185. The molecule has 1 aliphatic carbocycles. The van der Waals surface area contributed by atoms with Crippen LogP contribution in [-0.4, -0.2) is 10.8 Å². The summed E-state index contributed by atoms with van der Waals surface area (Å²) in [5.41, 5.74) is 2.05. The smallest absolute Gasteiger partial charge is 0.179 e. The standard InChI is InChI=1S/C14H16N2OS/c1-9-3-4-11(5-9)6-13(17)12(7-15)14-16-10(2)8-18-14/h6,8-9,12H,3-5H2,1-2H3/b11-6-/t9-,12-/m1/s1. The van der Waals surface area contributed by atoms with E-state index in [-0.39, 0.29) is 5.78 Å². The summed E-state index contributed by atoms with van der Waals surface area (Å²) in [5, 5.41) is 11.6. The summed E-state index contributed by atoms with van der Waals surface area (Å²) in [6, 6.07) is 2.07. The van der Waals surface area contributed by atoms with E-state index < -0.39 is 5.92 Å². The number of aromatic nitrogens is 1. The van der Waals surface area contributed by atoms with E-state index in [1.807, 2.05) is 12.3 Å². The molecule has 0 radical (unpaired) electrons. The number of carbonyl (C=O) groups is 1. The van der Waals surface area contributed by atoms with Gasteiger partial charge in [0.05, 0.1) is 6.07 Å². The summed E-state index contributed by atoms with van der Waals surface area (Å²) >= 11 is 1.39. The van der Waals surface area contributed by atoms with Crippen LogP contribution in [0.25, 0.3) is 0 Å². The Labute approximate surface area is 111 Å². The SMILES string of the molecule is Cc1csc([C@H](C#N)C(=O)/C=C2/CC[C@@H](C)C2)n1. The van der Waals surface area contributed by atoms with E-state index in [4.69, 9.17) is 5.26 Å². The largest absolute Gasteiger partial charge is 0.293 e. The first kappa shape index (κ1) is 13.0. The van der Waals surface area contributed by atoms with Gasteiger partial charge < -0.3 is 0 Å². The van der Waals surface area contributed by atoms with Crippen LogP contribution >= 0.6 is 11.3 Å². The van der Waals surface area contributed by atoms with Crippen molar-refractivity contribution in [3.8, 4) is 6.07 Å². The number of rotatable bonds is 3. The van der Waals surface area contributed by atoms with E-state index in [0.717, 1.165) is 25.0 Å². The number of hydrogen-bond acceptors (Lipinski definition) is 4. The molecule has 1 aromatic heterocycles. The Morgan fingerprint density at radius 2 is 2.50 bits per heavy atom. The summed E-state index contributed by atoms with van der Waals surface area (Å²) < 4.78 is 0. The van der Waals surface area contributed by atoms with Gasteiger partial charge in [-0.25, -0.2) is 4.98 Å². The lowest BCUT2D eigenvalue weighted by Crippen LogP contribution is -2.08. The Hall–Kier alpha value is -1.47. The molecule has 4 heteroatoms. The van der Waals surface area contributed by atoms with Crippen LogP contribution in [-0.2, 0) is 4.79 Å². The topological polar surface area (TPSA) is 53.8 Å². The average molecular weight is 260 g/mol. The van der Waals surface area contributed by atoms with E-state index in [9.17, 15) is 4.79 Å². The molecule has 1 heterocycles. The van der Waals surface area contributed by atoms with Crippen LogP contribution in [0.1, 0.15) is 42.8 Å². The van der Waals surface area contributed by atoms with Gasteiger partial charge in [-0.15, -0.1) is 11.3 Å². The van der Waals surface area contributed by atoms with Gasteiger partial charge in [0.25, 0.3) is 0 Å². The van der Waals surface area contributed by atoms with Gasteiger partial charge in [0.15, 0.2) is 11.7 Å². The van der Waals surface area contributed by atoms with E-state index in [0.29, 0.717) is 10.9 Å². The minimum Gasteiger partial charge on any atom is -0.293 e. The van der Waals surface area contributed by atoms with Crippen LogP contribution in [0.2, 0.25) is 0 Å². The summed E-state index contributed by atoms with van der Waals surface area (Å²) in [6.45, 7) is 4.06. The molecule has 1 saturated carbocycles. The van der Waals surface area contributed by atoms with Gasteiger partial charge >= 0.3 is 0 Å². The van der Waals surface area contributed by atoms with E-state index in [2.05, 4.69) is 18.0 Å². The maximum atomic E-state index is 12.1. The number of nitriles is 1. The molecule has 1 aliphatic rings. The number of nitrogens with zero attached hydrogens (tertiary/aromatic N) is 2. The number of aryl methyl sites for hydroxylation is 1. The fourth-order valence-electron chi connectivity index (χ4n) is 2.24. The van der Waals surface area contributed by atoms with Gasteiger partial charge in [-0.05, 0) is 38.2 Å². The third kappa shape index (κ3) is 2.85. The highest BCUT2D eigenvalue weighted by molar-refractivity contribution is 7.09. The lowest BCUT2D eigenvalue weighted by Gasteiger charge is -2.02. The van der Waals surface area contributed by atoms with Gasteiger partial charge in [-0.3, -0.25) is 4.79 Å². The number of ketones is 1. The zero-order chi connectivity index (χ0) is 13.1. The fourth-order valence-corrected chi connectivity index (χ4v) is 3.09. The molecule has 0 aromatic carbocycles. The van der Waals surface area contributed by atoms with Crippen molar-refractivity contribution in [2.75, 3.05) is 0 Å². The van der Waals surface area contributed by atoms with Crippen LogP contribution < -0.4 is 0 Å². The van der Waals surface area contributed by atoms with Crippen LogP contribution in [0.4, 0.5) is 0 Å². The quantitative estimate of drug-likeness (QED) is 0.783. The molecule has 0 aliphatic heterocycles. The number of hydrogen-bond donors (Lipinski definition) is 0. The van der Waals surface area contributed by atoms with E-state index in [1.165, 1.54) is 16.9 Å². The summed E-state index contributed by atoms with van der Waals surface area (Å²) in [6.07, 6.45) is 4.80. The first-order valence-corrected chi connectivity index (χ1v) is 7.03. The van der Waals surface area contributed by atoms with Crippen LogP contribution in [0, 0.1) is 24.2 Å². The van der Waals surface area contributed by atoms with Crippen molar-refractivity contribution < 1.29 is 4.79 Å². The molecule has 0 saturated heterocycles. The van der Waals surface area contributed by atoms with Crippen LogP contribution in [0.15, 0.2) is 17.0 Å². The third-order valence-electron chi connectivity index (χ3n) is 3.21. The lowest BCUT2D eigenvalue weighted by molar-refractivity contribution is -0.114. The minimum atomic E-state index is -0.730. The molecule has 18 heavy (non-hydrogen) atoms. The molecule has 0 N–H and O–H groups in total. The molecule has 2 rings (SSSR count). The second-order valence-electron chi connectivity index (χ2n) is 4.94. The number of allylic oxidation sites excluding steroid dienone is 2. The molecule has 1 fully saturated rings. The maximum absolute atomic E-state index is 12.1. The highest BCUT2D eigenvalue weighted by atomic mass is 32.1. The predicted molar refractivity (Wildman–Crippen MR) is 71.3 cm³/mol. The first-order chi connectivity index (χ1) is 8.60. The van der Waals surface area contributed by atoms with Crippen molar-refractivity contribution in [2.24, 2.45) is 5.92 Å². The predicted octanol–water partition coefficient (Wildman–Crippen LogP) is 3.37. The summed E-state index contributed by atoms with van der Waals surface area (Å²) in [7, 11) is 0. The Kier molecular flexibility index (Phi) is 3.93. The van der Waals surface area contributed by atoms with Crippen molar-refractivity contribution in [2.45, 2.75) is 39.0 Å². The van der Waals surface area contributed by atoms with Gasteiger partial charge in [-0.2, -0.15) is 5.26 Å². The van der Waals surface area contributed by atoms with Crippen molar-refractivity contribution in [3.05, 3.63) is 27.7 Å². The molecular formula is C14H16N2OS. The molecule has 0 unspecified atom stereocenters. The molecule has 0 bridgehead atoms. The minimum absolute atomic E-state index is 0.115. The van der Waals surface area contributed by atoms with Crippen molar-refractivity contribution >= 4 is 17.1 Å². The highest BCUT2D eigenvalue weighted by Crippen LogP contribution is 2.30. The second-order valence-corrected chi connectivity index (χ2v) is 5.83. The highest BCUT2D eigenvalue weighted by Gasteiger charge is 2.23. The van der Waals surface area contributed by atoms with Crippen molar-refractivity contribution in [3.63, 3.8) is 0 Å². The molecule has 94 valence electrons. The van der Waals surface area contributed by atoms with Gasteiger partial charge in [-0.1, -0.05) is 12.5 Å².